The number of hydrogen-bond donors (Lipinski definition) is 1. The lowest BCUT2D eigenvalue weighted by atomic mass is 10.1. The SMILES string of the molecule is CC[C@@H](C)[NH2+]CC(=O)N(CCc1ccccc1)Cc1ccc(C)o1. The van der Waals surface area contributed by atoms with Crippen molar-refractivity contribution in [3.05, 3.63) is 59.5 Å². The van der Waals surface area contributed by atoms with Crippen LogP contribution in [0.1, 0.15) is 37.4 Å². The maximum atomic E-state index is 12.6. The van der Waals surface area contributed by atoms with Gasteiger partial charge in [-0.2, -0.15) is 0 Å². The van der Waals surface area contributed by atoms with Gasteiger partial charge in [0.05, 0.1) is 12.6 Å². The first kappa shape index (κ1) is 18.3. The third-order valence-electron chi connectivity index (χ3n) is 4.35. The molecule has 130 valence electrons. The largest absolute Gasteiger partial charge is 0.464 e. The number of furan rings is 1. The Bertz CT molecular complexity index is 622. The normalized spacial score (nSPS) is 12.1. The van der Waals surface area contributed by atoms with Gasteiger partial charge in [-0.05, 0) is 44.4 Å². The molecule has 0 spiro atoms. The zero-order valence-electron chi connectivity index (χ0n) is 15.0. The van der Waals surface area contributed by atoms with Crippen LogP contribution in [-0.4, -0.2) is 29.9 Å². The quantitative estimate of drug-likeness (QED) is 0.768. The molecule has 0 saturated carbocycles. The van der Waals surface area contributed by atoms with Crippen molar-refractivity contribution in [1.29, 1.82) is 0 Å². The van der Waals surface area contributed by atoms with Crippen LogP contribution in [0.2, 0.25) is 0 Å². The zero-order chi connectivity index (χ0) is 17.4. The number of nitrogens with two attached hydrogens (primary N) is 1. The van der Waals surface area contributed by atoms with Crippen molar-refractivity contribution in [3.8, 4) is 0 Å². The summed E-state index contributed by atoms with van der Waals surface area (Å²) in [6.45, 7) is 7.95. The van der Waals surface area contributed by atoms with Crippen molar-refractivity contribution in [3.63, 3.8) is 0 Å². The molecule has 2 rings (SSSR count). The lowest BCUT2D eigenvalue weighted by Crippen LogP contribution is -2.91. The van der Waals surface area contributed by atoms with Gasteiger partial charge in [0.15, 0.2) is 6.54 Å². The van der Waals surface area contributed by atoms with Crippen LogP contribution in [0.15, 0.2) is 46.9 Å². The van der Waals surface area contributed by atoms with E-state index in [4.69, 9.17) is 4.42 Å². The summed E-state index contributed by atoms with van der Waals surface area (Å²) in [5.41, 5.74) is 1.25. The highest BCUT2D eigenvalue weighted by Gasteiger charge is 2.18. The summed E-state index contributed by atoms with van der Waals surface area (Å²) >= 11 is 0. The van der Waals surface area contributed by atoms with Crippen molar-refractivity contribution in [2.75, 3.05) is 13.1 Å². The first-order valence-electron chi connectivity index (χ1n) is 8.78. The second-order valence-electron chi connectivity index (χ2n) is 6.39. The minimum absolute atomic E-state index is 0.167. The Kier molecular flexibility index (Phi) is 7.07. The van der Waals surface area contributed by atoms with E-state index in [1.807, 2.05) is 42.2 Å². The molecule has 1 atom stereocenters. The number of nitrogens with zero attached hydrogens (tertiary/aromatic N) is 1. The molecule has 1 aromatic carbocycles. The Morgan fingerprint density at radius 1 is 1.21 bits per heavy atom. The van der Waals surface area contributed by atoms with Crippen LogP contribution in [0.3, 0.4) is 0 Å². The molecule has 2 aromatic rings. The van der Waals surface area contributed by atoms with Gasteiger partial charge in [-0.3, -0.25) is 4.79 Å². The smallest absolute Gasteiger partial charge is 0.278 e. The van der Waals surface area contributed by atoms with E-state index in [2.05, 4.69) is 31.3 Å². The van der Waals surface area contributed by atoms with E-state index in [0.29, 0.717) is 25.7 Å². The number of carbonyl (C=O) groups excluding carboxylic acids is 1. The van der Waals surface area contributed by atoms with E-state index < -0.39 is 0 Å². The van der Waals surface area contributed by atoms with Crippen LogP contribution >= 0.6 is 0 Å². The molecule has 0 radical (unpaired) electrons. The molecule has 0 bridgehead atoms. The predicted octanol–water partition coefficient (Wildman–Crippen LogP) is 2.52. The molecule has 4 heteroatoms. The molecule has 0 aliphatic heterocycles. The molecule has 0 aliphatic carbocycles. The summed E-state index contributed by atoms with van der Waals surface area (Å²) < 4.78 is 5.66. The maximum absolute atomic E-state index is 12.6. The first-order valence-corrected chi connectivity index (χ1v) is 8.78. The number of aryl methyl sites for hydroxylation is 1. The van der Waals surface area contributed by atoms with E-state index in [9.17, 15) is 4.79 Å². The van der Waals surface area contributed by atoms with Gasteiger partial charge in [-0.15, -0.1) is 0 Å². The van der Waals surface area contributed by atoms with Crippen LogP contribution in [0.5, 0.6) is 0 Å². The molecule has 1 heterocycles. The number of rotatable bonds is 9. The van der Waals surface area contributed by atoms with Crippen LogP contribution in [0, 0.1) is 6.92 Å². The van der Waals surface area contributed by atoms with E-state index in [0.717, 1.165) is 24.4 Å². The van der Waals surface area contributed by atoms with E-state index in [1.54, 1.807) is 0 Å². The summed E-state index contributed by atoms with van der Waals surface area (Å²) in [6, 6.07) is 14.7. The van der Waals surface area contributed by atoms with Gasteiger partial charge in [0, 0.05) is 6.54 Å². The molecule has 0 unspecified atom stereocenters. The first-order chi connectivity index (χ1) is 11.6. The Labute approximate surface area is 144 Å². The molecule has 0 fully saturated rings. The standard InChI is InChI=1S/C20H28N2O2/c1-4-16(2)21-14-20(23)22(15-19-11-10-17(3)24-19)13-12-18-8-6-5-7-9-18/h5-11,16,21H,4,12-15H2,1-3H3/p+1/t16-/m1/s1. The number of carbonyl (C=O) groups is 1. The van der Waals surface area contributed by atoms with Gasteiger partial charge in [-0.25, -0.2) is 0 Å². The minimum Gasteiger partial charge on any atom is -0.464 e. The summed E-state index contributed by atoms with van der Waals surface area (Å²) in [6.07, 6.45) is 1.92. The summed E-state index contributed by atoms with van der Waals surface area (Å²) in [4.78, 5) is 14.6. The molecular formula is C20H29N2O2+. The molecule has 2 N–H and O–H groups in total. The molecule has 1 amide bonds. The fraction of sp³-hybridized carbons (Fsp3) is 0.450. The predicted molar refractivity (Wildman–Crippen MR) is 95.6 cm³/mol. The monoisotopic (exact) mass is 329 g/mol. The second-order valence-corrected chi connectivity index (χ2v) is 6.39. The average molecular weight is 329 g/mol. The Balaban J connectivity index is 1.98. The van der Waals surface area contributed by atoms with Gasteiger partial charge in [-0.1, -0.05) is 37.3 Å². The third kappa shape index (κ3) is 5.85. The second kappa shape index (κ2) is 9.28. The van der Waals surface area contributed by atoms with Gasteiger partial charge < -0.3 is 14.6 Å². The molecule has 0 aliphatic rings. The van der Waals surface area contributed by atoms with Gasteiger partial charge in [0.2, 0.25) is 0 Å². The topological polar surface area (TPSA) is 50.1 Å². The number of benzene rings is 1. The van der Waals surface area contributed by atoms with Gasteiger partial charge >= 0.3 is 0 Å². The van der Waals surface area contributed by atoms with Crippen molar-refractivity contribution < 1.29 is 14.5 Å². The summed E-state index contributed by atoms with van der Waals surface area (Å²) in [5.74, 6) is 1.89. The Morgan fingerprint density at radius 2 is 1.96 bits per heavy atom. The Morgan fingerprint density at radius 3 is 2.58 bits per heavy atom. The lowest BCUT2D eigenvalue weighted by molar-refractivity contribution is -0.676. The van der Waals surface area contributed by atoms with Gasteiger partial charge in [0.25, 0.3) is 5.91 Å². The molecule has 24 heavy (non-hydrogen) atoms. The van der Waals surface area contributed by atoms with Crippen LogP contribution < -0.4 is 5.32 Å². The zero-order valence-corrected chi connectivity index (χ0v) is 15.0. The van der Waals surface area contributed by atoms with Crippen molar-refractivity contribution >= 4 is 5.91 Å². The van der Waals surface area contributed by atoms with E-state index in [1.165, 1.54) is 5.56 Å². The van der Waals surface area contributed by atoms with Crippen LogP contribution in [0.25, 0.3) is 0 Å². The molecular weight excluding hydrogens is 300 g/mol. The fourth-order valence-corrected chi connectivity index (χ4v) is 2.56. The maximum Gasteiger partial charge on any atom is 0.278 e. The Hall–Kier alpha value is -2.07. The molecule has 4 nitrogen and oxygen atoms in total. The fourth-order valence-electron chi connectivity index (χ4n) is 2.56. The van der Waals surface area contributed by atoms with Crippen LogP contribution in [0.4, 0.5) is 0 Å². The van der Waals surface area contributed by atoms with Crippen LogP contribution in [-0.2, 0) is 17.8 Å². The lowest BCUT2D eigenvalue weighted by Gasteiger charge is -2.22. The number of quaternary nitrogens is 1. The van der Waals surface area contributed by atoms with Crippen molar-refractivity contribution in [2.24, 2.45) is 0 Å². The summed E-state index contributed by atoms with van der Waals surface area (Å²) in [7, 11) is 0. The van der Waals surface area contributed by atoms with E-state index >= 15 is 0 Å². The van der Waals surface area contributed by atoms with Crippen molar-refractivity contribution in [1.82, 2.24) is 4.90 Å². The highest BCUT2D eigenvalue weighted by molar-refractivity contribution is 5.77. The minimum atomic E-state index is 0.167. The highest BCUT2D eigenvalue weighted by atomic mass is 16.3. The van der Waals surface area contributed by atoms with Gasteiger partial charge in [0.1, 0.15) is 11.5 Å². The number of amides is 1. The summed E-state index contributed by atoms with van der Waals surface area (Å²) in [5, 5.41) is 2.12. The average Bonchev–Trinajstić information content (AvgIpc) is 3.02. The van der Waals surface area contributed by atoms with Crippen molar-refractivity contribution in [2.45, 2.75) is 46.2 Å². The van der Waals surface area contributed by atoms with E-state index in [-0.39, 0.29) is 5.91 Å². The molecule has 1 aromatic heterocycles. The highest BCUT2D eigenvalue weighted by Crippen LogP contribution is 2.11. The third-order valence-corrected chi connectivity index (χ3v) is 4.35. The number of hydrogen-bond acceptors (Lipinski definition) is 2. The molecule has 0 saturated heterocycles.